The fourth-order valence-electron chi connectivity index (χ4n) is 2.56. The van der Waals surface area contributed by atoms with Crippen molar-refractivity contribution in [1.82, 2.24) is 25.3 Å². The third-order valence-corrected chi connectivity index (χ3v) is 3.54. The first-order valence-electron chi connectivity index (χ1n) is 6.27. The molecule has 0 aliphatic carbocycles. The zero-order valence-electron chi connectivity index (χ0n) is 10.2. The Morgan fingerprint density at radius 3 is 2.76 bits per heavy atom. The molecule has 0 saturated carbocycles. The van der Waals surface area contributed by atoms with Gasteiger partial charge in [0.2, 0.25) is 5.89 Å². The maximum absolute atomic E-state index is 4.97. The van der Waals surface area contributed by atoms with E-state index in [1.165, 1.54) is 13.1 Å². The fourth-order valence-corrected chi connectivity index (χ4v) is 2.56. The molecule has 1 aromatic rings. The Labute approximate surface area is 101 Å². The van der Waals surface area contributed by atoms with Gasteiger partial charge >= 0.3 is 0 Å². The van der Waals surface area contributed by atoms with Gasteiger partial charge in [0.25, 0.3) is 0 Å². The Morgan fingerprint density at radius 2 is 2.12 bits per heavy atom. The zero-order valence-corrected chi connectivity index (χ0v) is 10.2. The van der Waals surface area contributed by atoms with Crippen molar-refractivity contribution in [2.45, 2.75) is 19.5 Å². The predicted molar refractivity (Wildman–Crippen MR) is 62.5 cm³/mol. The van der Waals surface area contributed by atoms with Crippen LogP contribution in [0.2, 0.25) is 0 Å². The third kappa shape index (κ3) is 2.48. The third-order valence-electron chi connectivity index (χ3n) is 3.54. The molecule has 1 aromatic heterocycles. The van der Waals surface area contributed by atoms with E-state index in [1.807, 2.05) is 6.92 Å². The molecular weight excluding hydrogens is 218 g/mol. The highest BCUT2D eigenvalue weighted by molar-refractivity contribution is 4.93. The van der Waals surface area contributed by atoms with Crippen LogP contribution in [-0.4, -0.2) is 65.3 Å². The molecule has 0 amide bonds. The molecule has 2 saturated heterocycles. The van der Waals surface area contributed by atoms with Gasteiger partial charge < -0.3 is 9.84 Å². The van der Waals surface area contributed by atoms with E-state index in [1.54, 1.807) is 0 Å². The summed E-state index contributed by atoms with van der Waals surface area (Å²) in [5.41, 5.74) is 0. The number of rotatable bonds is 3. The lowest BCUT2D eigenvalue weighted by Gasteiger charge is -2.46. The van der Waals surface area contributed by atoms with Gasteiger partial charge in [0.1, 0.15) is 0 Å². The van der Waals surface area contributed by atoms with Crippen molar-refractivity contribution in [2.24, 2.45) is 0 Å². The molecule has 0 atom stereocenters. The molecule has 6 nitrogen and oxygen atoms in total. The molecule has 0 bridgehead atoms. The smallest absolute Gasteiger partial charge is 0.223 e. The summed E-state index contributed by atoms with van der Waals surface area (Å²) in [6.07, 6.45) is 0. The second-order valence-electron chi connectivity index (χ2n) is 4.86. The van der Waals surface area contributed by atoms with Crippen molar-refractivity contribution < 1.29 is 4.52 Å². The summed E-state index contributed by atoms with van der Waals surface area (Å²) in [6.45, 7) is 9.53. The Hall–Kier alpha value is -0.980. The molecule has 0 radical (unpaired) electrons. The van der Waals surface area contributed by atoms with Gasteiger partial charge in [-0.15, -0.1) is 0 Å². The van der Waals surface area contributed by atoms with Crippen molar-refractivity contribution in [3.8, 4) is 0 Å². The van der Waals surface area contributed by atoms with Gasteiger partial charge in [-0.2, -0.15) is 4.98 Å². The molecule has 3 rings (SSSR count). The van der Waals surface area contributed by atoms with E-state index >= 15 is 0 Å². The van der Waals surface area contributed by atoms with Crippen molar-refractivity contribution in [3.05, 3.63) is 11.7 Å². The quantitative estimate of drug-likeness (QED) is 0.762. The van der Waals surface area contributed by atoms with Gasteiger partial charge in [-0.3, -0.25) is 9.80 Å². The van der Waals surface area contributed by atoms with Gasteiger partial charge in [-0.05, 0) is 0 Å². The topological polar surface area (TPSA) is 57.4 Å². The summed E-state index contributed by atoms with van der Waals surface area (Å²) in [5, 5.41) is 7.31. The summed E-state index contributed by atoms with van der Waals surface area (Å²) in [4.78, 5) is 9.18. The number of hydrogen-bond acceptors (Lipinski definition) is 6. The minimum absolute atomic E-state index is 0.652. The molecule has 94 valence electrons. The molecular formula is C11H19N5O. The SMILES string of the molecule is Cc1nc(CN2CC(N3CCNCC3)C2)no1. The Morgan fingerprint density at radius 1 is 1.35 bits per heavy atom. The highest BCUT2D eigenvalue weighted by Crippen LogP contribution is 2.17. The highest BCUT2D eigenvalue weighted by Gasteiger charge is 2.32. The summed E-state index contributed by atoms with van der Waals surface area (Å²) in [7, 11) is 0. The van der Waals surface area contributed by atoms with Crippen LogP contribution < -0.4 is 5.32 Å². The lowest BCUT2D eigenvalue weighted by Crippen LogP contribution is -2.62. The van der Waals surface area contributed by atoms with Crippen LogP contribution in [0, 0.1) is 6.92 Å². The van der Waals surface area contributed by atoms with Crippen molar-refractivity contribution in [1.29, 1.82) is 0 Å². The molecule has 2 fully saturated rings. The van der Waals surface area contributed by atoms with Crippen LogP contribution in [0.3, 0.4) is 0 Å². The summed E-state index contributed by atoms with van der Waals surface area (Å²) in [5.74, 6) is 1.46. The first kappa shape index (κ1) is 11.1. The summed E-state index contributed by atoms with van der Waals surface area (Å²) < 4.78 is 4.97. The predicted octanol–water partition coefficient (Wildman–Crippen LogP) is -0.533. The molecule has 1 N–H and O–H groups in total. The standard InChI is InChI=1S/C11H19N5O/c1-9-13-11(14-17-9)8-15-6-10(7-15)16-4-2-12-3-5-16/h10,12H,2-8H2,1H3. The van der Waals surface area contributed by atoms with Crippen LogP contribution in [-0.2, 0) is 6.54 Å². The number of hydrogen-bond donors (Lipinski definition) is 1. The largest absolute Gasteiger partial charge is 0.340 e. The van der Waals surface area contributed by atoms with E-state index in [0.717, 1.165) is 44.6 Å². The van der Waals surface area contributed by atoms with E-state index < -0.39 is 0 Å². The highest BCUT2D eigenvalue weighted by atomic mass is 16.5. The maximum atomic E-state index is 4.97. The Balaban J connectivity index is 1.45. The minimum atomic E-state index is 0.652. The summed E-state index contributed by atoms with van der Waals surface area (Å²) in [6, 6.07) is 0.727. The number of aromatic nitrogens is 2. The Bertz CT molecular complexity index is 368. The molecule has 17 heavy (non-hydrogen) atoms. The molecule has 3 heterocycles. The lowest BCUT2D eigenvalue weighted by atomic mass is 10.1. The van der Waals surface area contributed by atoms with E-state index in [-0.39, 0.29) is 0 Å². The first-order chi connectivity index (χ1) is 8.31. The van der Waals surface area contributed by atoms with Crippen LogP contribution in [0.1, 0.15) is 11.7 Å². The fraction of sp³-hybridized carbons (Fsp3) is 0.818. The normalized spacial score (nSPS) is 23.8. The van der Waals surface area contributed by atoms with Crippen LogP contribution >= 0.6 is 0 Å². The van der Waals surface area contributed by atoms with Crippen molar-refractivity contribution in [3.63, 3.8) is 0 Å². The first-order valence-corrected chi connectivity index (χ1v) is 6.27. The van der Waals surface area contributed by atoms with Crippen LogP contribution in [0.15, 0.2) is 4.52 Å². The molecule has 0 spiro atoms. The number of aryl methyl sites for hydroxylation is 1. The molecule has 6 heteroatoms. The van der Waals surface area contributed by atoms with Crippen LogP contribution in [0.5, 0.6) is 0 Å². The van der Waals surface area contributed by atoms with Gasteiger partial charge in [0.05, 0.1) is 6.54 Å². The van der Waals surface area contributed by atoms with E-state index in [0.29, 0.717) is 5.89 Å². The average molecular weight is 237 g/mol. The monoisotopic (exact) mass is 237 g/mol. The molecule has 0 unspecified atom stereocenters. The van der Waals surface area contributed by atoms with Gasteiger partial charge in [0.15, 0.2) is 5.82 Å². The van der Waals surface area contributed by atoms with Crippen LogP contribution in [0.4, 0.5) is 0 Å². The number of nitrogens with zero attached hydrogens (tertiary/aromatic N) is 4. The zero-order chi connectivity index (χ0) is 11.7. The molecule has 2 aliphatic rings. The Kier molecular flexibility index (Phi) is 3.09. The molecule has 2 aliphatic heterocycles. The van der Waals surface area contributed by atoms with Gasteiger partial charge in [-0.25, -0.2) is 0 Å². The number of likely N-dealkylation sites (tertiary alicyclic amines) is 1. The number of piperazine rings is 1. The van der Waals surface area contributed by atoms with Gasteiger partial charge in [-0.1, -0.05) is 5.16 Å². The van der Waals surface area contributed by atoms with E-state index in [2.05, 4.69) is 25.3 Å². The van der Waals surface area contributed by atoms with Crippen LogP contribution in [0.25, 0.3) is 0 Å². The van der Waals surface area contributed by atoms with Crippen molar-refractivity contribution >= 4 is 0 Å². The lowest BCUT2D eigenvalue weighted by molar-refractivity contribution is 0.0204. The minimum Gasteiger partial charge on any atom is -0.340 e. The average Bonchev–Trinajstić information content (AvgIpc) is 2.70. The van der Waals surface area contributed by atoms with Gasteiger partial charge in [0, 0.05) is 52.2 Å². The molecule has 0 aromatic carbocycles. The van der Waals surface area contributed by atoms with E-state index in [4.69, 9.17) is 4.52 Å². The number of nitrogens with one attached hydrogen (secondary N) is 1. The maximum Gasteiger partial charge on any atom is 0.223 e. The second-order valence-corrected chi connectivity index (χ2v) is 4.86. The van der Waals surface area contributed by atoms with E-state index in [9.17, 15) is 0 Å². The summed E-state index contributed by atoms with van der Waals surface area (Å²) >= 11 is 0. The van der Waals surface area contributed by atoms with Crippen molar-refractivity contribution in [2.75, 3.05) is 39.3 Å². The second kappa shape index (κ2) is 4.72.